The molecule has 2 heterocycles. The molecule has 0 spiro atoms. The highest BCUT2D eigenvalue weighted by atomic mass is 19.3. The molecule has 0 saturated carbocycles. The lowest BCUT2D eigenvalue weighted by Crippen LogP contribution is -2.16. The number of rotatable bonds is 3. The molecule has 0 radical (unpaired) electrons. The standard InChI is InChI=1S/C15H8F6N4O/c1-5-2-9(13(20)21)25-14(23-5)6(4-22-25)15(26)24-12-10(18)7(16)3-8(17)11(12)19/h2-4,13H,1H3,(H,24,26). The largest absolute Gasteiger partial charge is 0.317 e. The summed E-state index contributed by atoms with van der Waals surface area (Å²) in [4.78, 5) is 16.1. The molecule has 11 heteroatoms. The van der Waals surface area contributed by atoms with E-state index in [4.69, 9.17) is 0 Å². The third-order valence-corrected chi connectivity index (χ3v) is 3.45. The van der Waals surface area contributed by atoms with E-state index in [9.17, 15) is 31.1 Å². The number of fused-ring (bicyclic) bond motifs is 1. The molecule has 0 bridgehead atoms. The van der Waals surface area contributed by atoms with Crippen molar-refractivity contribution in [1.82, 2.24) is 14.6 Å². The van der Waals surface area contributed by atoms with Gasteiger partial charge >= 0.3 is 0 Å². The Morgan fingerprint density at radius 1 is 1.12 bits per heavy atom. The van der Waals surface area contributed by atoms with Crippen LogP contribution < -0.4 is 5.32 Å². The van der Waals surface area contributed by atoms with Gasteiger partial charge < -0.3 is 5.32 Å². The molecule has 5 nitrogen and oxygen atoms in total. The van der Waals surface area contributed by atoms with E-state index in [1.807, 2.05) is 0 Å². The number of carbonyl (C=O) groups excluding carboxylic acids is 1. The second-order valence-electron chi connectivity index (χ2n) is 5.21. The average Bonchev–Trinajstić information content (AvgIpc) is 2.99. The first kappa shape index (κ1) is 17.7. The van der Waals surface area contributed by atoms with Gasteiger partial charge in [0.15, 0.2) is 28.9 Å². The molecule has 0 aliphatic carbocycles. The second kappa shape index (κ2) is 6.32. The SMILES string of the molecule is Cc1cc(C(F)F)n2ncc(C(=O)Nc3c(F)c(F)cc(F)c3F)c2n1. The first-order valence-corrected chi connectivity index (χ1v) is 6.98. The van der Waals surface area contributed by atoms with Gasteiger partial charge in [0.25, 0.3) is 12.3 Å². The lowest BCUT2D eigenvalue weighted by atomic mass is 10.2. The Balaban J connectivity index is 2.08. The van der Waals surface area contributed by atoms with Crippen LogP contribution in [0.2, 0.25) is 0 Å². The molecule has 3 aromatic rings. The van der Waals surface area contributed by atoms with E-state index in [-0.39, 0.29) is 17.4 Å². The maximum atomic E-state index is 13.7. The quantitative estimate of drug-likeness (QED) is 0.561. The van der Waals surface area contributed by atoms with Crippen LogP contribution in [0.1, 0.15) is 28.2 Å². The minimum Gasteiger partial charge on any atom is -0.317 e. The van der Waals surface area contributed by atoms with Crippen LogP contribution in [-0.2, 0) is 0 Å². The van der Waals surface area contributed by atoms with Crippen LogP contribution in [0.4, 0.5) is 32.0 Å². The van der Waals surface area contributed by atoms with Crippen LogP contribution in [-0.4, -0.2) is 20.5 Å². The third kappa shape index (κ3) is 2.85. The molecule has 0 atom stereocenters. The lowest BCUT2D eigenvalue weighted by molar-refractivity contribution is 0.102. The van der Waals surface area contributed by atoms with E-state index >= 15 is 0 Å². The summed E-state index contributed by atoms with van der Waals surface area (Å²) in [5.74, 6) is -8.29. The summed E-state index contributed by atoms with van der Waals surface area (Å²) in [6, 6.07) is 1.03. The molecule has 0 unspecified atom stereocenters. The van der Waals surface area contributed by atoms with Crippen LogP contribution in [0.5, 0.6) is 0 Å². The number of benzene rings is 1. The van der Waals surface area contributed by atoms with Crippen molar-refractivity contribution in [3.05, 3.63) is 58.5 Å². The molecular weight excluding hydrogens is 366 g/mol. The first-order valence-electron chi connectivity index (χ1n) is 6.98. The number of hydrogen-bond donors (Lipinski definition) is 1. The minimum absolute atomic E-state index is 0.0184. The highest BCUT2D eigenvalue weighted by Crippen LogP contribution is 2.26. The first-order chi connectivity index (χ1) is 12.2. The molecule has 0 saturated heterocycles. The number of alkyl halides is 2. The van der Waals surface area contributed by atoms with Gasteiger partial charge in [-0.25, -0.2) is 35.8 Å². The Labute approximate surface area is 141 Å². The highest BCUT2D eigenvalue weighted by molar-refractivity contribution is 6.08. The second-order valence-corrected chi connectivity index (χ2v) is 5.21. The van der Waals surface area contributed by atoms with E-state index in [0.29, 0.717) is 4.52 Å². The Hall–Kier alpha value is -3.11. The lowest BCUT2D eigenvalue weighted by Gasteiger charge is -2.09. The van der Waals surface area contributed by atoms with E-state index in [1.54, 1.807) is 5.32 Å². The number of anilines is 1. The third-order valence-electron chi connectivity index (χ3n) is 3.45. The molecule has 0 fully saturated rings. The molecule has 1 N–H and O–H groups in total. The fourth-order valence-corrected chi connectivity index (χ4v) is 2.29. The summed E-state index contributed by atoms with van der Waals surface area (Å²) in [6.45, 7) is 1.39. The number of hydrogen-bond acceptors (Lipinski definition) is 3. The molecule has 26 heavy (non-hydrogen) atoms. The summed E-state index contributed by atoms with van der Waals surface area (Å²) >= 11 is 0. The predicted octanol–water partition coefficient (Wildman–Crippen LogP) is 3.78. The molecular formula is C15H8F6N4O. The number of aromatic nitrogens is 3. The maximum Gasteiger partial charge on any atom is 0.280 e. The van der Waals surface area contributed by atoms with Crippen LogP contribution >= 0.6 is 0 Å². The van der Waals surface area contributed by atoms with Crippen molar-refractivity contribution < 1.29 is 31.1 Å². The number of nitrogens with one attached hydrogen (secondary N) is 1. The van der Waals surface area contributed by atoms with Gasteiger partial charge in [0, 0.05) is 11.8 Å². The van der Waals surface area contributed by atoms with Crippen molar-refractivity contribution in [1.29, 1.82) is 0 Å². The van der Waals surface area contributed by atoms with E-state index < -0.39 is 52.5 Å². The Morgan fingerprint density at radius 3 is 2.31 bits per heavy atom. The van der Waals surface area contributed by atoms with Crippen molar-refractivity contribution in [2.45, 2.75) is 13.3 Å². The van der Waals surface area contributed by atoms with Crippen LogP contribution in [0.3, 0.4) is 0 Å². The van der Waals surface area contributed by atoms with E-state index in [0.717, 1.165) is 12.3 Å². The van der Waals surface area contributed by atoms with Gasteiger partial charge in [-0.15, -0.1) is 0 Å². The van der Waals surface area contributed by atoms with Crippen molar-refractivity contribution in [2.24, 2.45) is 0 Å². The Bertz CT molecular complexity index is 1010. The number of nitrogens with zero attached hydrogens (tertiary/aromatic N) is 3. The summed E-state index contributed by atoms with van der Waals surface area (Å²) in [7, 11) is 0. The van der Waals surface area contributed by atoms with Gasteiger partial charge in [0.2, 0.25) is 0 Å². The topological polar surface area (TPSA) is 59.3 Å². The summed E-state index contributed by atoms with van der Waals surface area (Å²) in [6.07, 6.45) is -2.09. The number of aryl methyl sites for hydroxylation is 1. The molecule has 1 amide bonds. The average molecular weight is 374 g/mol. The van der Waals surface area contributed by atoms with Gasteiger partial charge in [0.1, 0.15) is 16.9 Å². The smallest absolute Gasteiger partial charge is 0.280 e. The number of carbonyl (C=O) groups is 1. The molecule has 2 aromatic heterocycles. The molecule has 0 aliphatic rings. The maximum absolute atomic E-state index is 13.7. The van der Waals surface area contributed by atoms with Gasteiger partial charge in [-0.3, -0.25) is 4.79 Å². The van der Waals surface area contributed by atoms with E-state index in [2.05, 4.69) is 10.1 Å². The Kier molecular flexibility index (Phi) is 4.30. The van der Waals surface area contributed by atoms with Crippen molar-refractivity contribution in [3.63, 3.8) is 0 Å². The number of halogens is 6. The molecule has 1 aromatic carbocycles. The molecule has 0 aliphatic heterocycles. The fraction of sp³-hybridized carbons (Fsp3) is 0.133. The van der Waals surface area contributed by atoms with Gasteiger partial charge in [-0.1, -0.05) is 0 Å². The van der Waals surface area contributed by atoms with Gasteiger partial charge in [-0.05, 0) is 13.0 Å². The predicted molar refractivity (Wildman–Crippen MR) is 76.9 cm³/mol. The zero-order chi connectivity index (χ0) is 19.2. The molecule has 136 valence electrons. The van der Waals surface area contributed by atoms with Gasteiger partial charge in [-0.2, -0.15) is 5.10 Å². The Morgan fingerprint density at radius 2 is 1.73 bits per heavy atom. The zero-order valence-electron chi connectivity index (χ0n) is 12.8. The van der Waals surface area contributed by atoms with Crippen molar-refractivity contribution in [2.75, 3.05) is 5.32 Å². The van der Waals surface area contributed by atoms with Crippen molar-refractivity contribution in [3.8, 4) is 0 Å². The van der Waals surface area contributed by atoms with Crippen LogP contribution in [0, 0.1) is 30.2 Å². The highest BCUT2D eigenvalue weighted by Gasteiger charge is 2.24. The number of amides is 1. The van der Waals surface area contributed by atoms with E-state index in [1.165, 1.54) is 6.92 Å². The van der Waals surface area contributed by atoms with Crippen molar-refractivity contribution >= 4 is 17.2 Å². The van der Waals surface area contributed by atoms with Crippen LogP contribution in [0.25, 0.3) is 5.65 Å². The monoisotopic (exact) mass is 374 g/mol. The minimum atomic E-state index is -2.93. The van der Waals surface area contributed by atoms with Crippen LogP contribution in [0.15, 0.2) is 18.3 Å². The summed E-state index contributed by atoms with van der Waals surface area (Å²) in [5, 5.41) is 5.27. The summed E-state index contributed by atoms with van der Waals surface area (Å²) < 4.78 is 80.6. The molecule has 3 rings (SSSR count). The zero-order valence-corrected chi connectivity index (χ0v) is 12.8. The normalized spacial score (nSPS) is 11.4. The summed E-state index contributed by atoms with van der Waals surface area (Å²) in [5.41, 5.74) is -2.50. The van der Waals surface area contributed by atoms with Gasteiger partial charge in [0.05, 0.1) is 6.20 Å². The fourth-order valence-electron chi connectivity index (χ4n) is 2.29.